The summed E-state index contributed by atoms with van der Waals surface area (Å²) in [5.41, 5.74) is 11.8. The zero-order valence-electron chi connectivity index (χ0n) is 34.2. The molecule has 0 aromatic heterocycles. The molecule has 2 saturated carbocycles. The number of nitrogens with zero attached hydrogens (tertiary/aromatic N) is 1. The van der Waals surface area contributed by atoms with Crippen molar-refractivity contribution in [2.45, 2.75) is 105 Å². The van der Waals surface area contributed by atoms with Crippen LogP contribution in [0.5, 0.6) is 11.5 Å². The van der Waals surface area contributed by atoms with Crippen molar-refractivity contribution < 1.29 is 19.0 Å². The van der Waals surface area contributed by atoms with Gasteiger partial charge in [-0.3, -0.25) is 4.79 Å². The Hall–Kier alpha value is -4.31. The highest BCUT2D eigenvalue weighted by atomic mass is 16.5. The summed E-state index contributed by atoms with van der Waals surface area (Å²) in [5.74, 6) is 3.62. The number of carbonyl (C=O) groups is 1. The van der Waals surface area contributed by atoms with Gasteiger partial charge in [0.25, 0.3) is 0 Å². The van der Waals surface area contributed by atoms with E-state index in [4.69, 9.17) is 14.2 Å². The number of anilines is 1. The van der Waals surface area contributed by atoms with Gasteiger partial charge in [0.05, 0.1) is 38.6 Å². The van der Waals surface area contributed by atoms with Crippen LogP contribution in [0.2, 0.25) is 0 Å². The molecule has 0 saturated heterocycles. The van der Waals surface area contributed by atoms with Crippen LogP contribution >= 0.6 is 0 Å². The van der Waals surface area contributed by atoms with Crippen LogP contribution in [0.25, 0.3) is 0 Å². The largest absolute Gasteiger partial charge is 0.496 e. The van der Waals surface area contributed by atoms with Crippen molar-refractivity contribution >= 4 is 11.5 Å². The number of allylic oxidation sites excluding steroid dienone is 3. The average Bonchev–Trinajstić information content (AvgIpc) is 3.92. The fourth-order valence-electron chi connectivity index (χ4n) is 7.65. The normalized spacial score (nSPS) is 18.3. The summed E-state index contributed by atoms with van der Waals surface area (Å²) in [5, 5.41) is 0. The molecule has 0 radical (unpaired) electrons. The number of hydrogen-bond acceptors (Lipinski definition) is 5. The molecule has 2 atom stereocenters. The SMILES string of the molecule is C=C1CC1COCCC.C=C=C(C(c1ccccc1)C1CCC(CC)CC1)N(Cc1c(OC)cc(CC)cc1OC)c1ccc(C)c(C(=O)/C=C\CC)c1. The summed E-state index contributed by atoms with van der Waals surface area (Å²) in [4.78, 5) is 15.6. The molecule has 0 heterocycles. The van der Waals surface area contributed by atoms with E-state index in [0.29, 0.717) is 23.9 Å². The van der Waals surface area contributed by atoms with E-state index in [1.165, 1.54) is 36.8 Å². The van der Waals surface area contributed by atoms with E-state index in [-0.39, 0.29) is 11.7 Å². The molecule has 2 unspecified atom stereocenters. The van der Waals surface area contributed by atoms with Gasteiger partial charge in [0.1, 0.15) is 11.5 Å². The molecule has 0 N–H and O–H groups in total. The molecule has 0 aliphatic heterocycles. The molecule has 5 heteroatoms. The fourth-order valence-corrected chi connectivity index (χ4v) is 7.65. The molecule has 2 fully saturated rings. The van der Waals surface area contributed by atoms with Crippen LogP contribution in [0.15, 0.2) is 103 Å². The highest BCUT2D eigenvalue weighted by Gasteiger charge is 2.34. The molecule has 3 aromatic carbocycles. The third-order valence-corrected chi connectivity index (χ3v) is 11.2. The van der Waals surface area contributed by atoms with Crippen LogP contribution < -0.4 is 14.4 Å². The maximum absolute atomic E-state index is 13.4. The maximum atomic E-state index is 13.4. The lowest BCUT2D eigenvalue weighted by Crippen LogP contribution is -2.31. The van der Waals surface area contributed by atoms with E-state index in [2.05, 4.69) is 99.2 Å². The average molecular weight is 732 g/mol. The first-order chi connectivity index (χ1) is 26.2. The monoisotopic (exact) mass is 731 g/mol. The Bertz CT molecular complexity index is 1720. The summed E-state index contributed by atoms with van der Waals surface area (Å²) >= 11 is 0. The van der Waals surface area contributed by atoms with E-state index in [1.54, 1.807) is 20.3 Å². The van der Waals surface area contributed by atoms with Gasteiger partial charge < -0.3 is 19.1 Å². The second-order valence-corrected chi connectivity index (χ2v) is 14.9. The number of ether oxygens (including phenoxy) is 3. The van der Waals surface area contributed by atoms with Crippen molar-refractivity contribution in [1.82, 2.24) is 0 Å². The van der Waals surface area contributed by atoms with Crippen LogP contribution in [0.3, 0.4) is 0 Å². The molecule has 5 nitrogen and oxygen atoms in total. The Morgan fingerprint density at radius 2 is 1.63 bits per heavy atom. The van der Waals surface area contributed by atoms with Crippen LogP contribution in [0.4, 0.5) is 5.69 Å². The summed E-state index contributed by atoms with van der Waals surface area (Å²) in [6.07, 6.45) is 13.7. The van der Waals surface area contributed by atoms with Crippen molar-refractivity contribution in [3.05, 3.63) is 131 Å². The molecule has 5 rings (SSSR count). The Balaban J connectivity index is 0.000000631. The minimum atomic E-state index is 0.0141. The molecule has 0 spiro atoms. The summed E-state index contributed by atoms with van der Waals surface area (Å²) in [6.45, 7) is 21.1. The molecule has 290 valence electrons. The lowest BCUT2D eigenvalue weighted by molar-refractivity contribution is 0.104. The lowest BCUT2D eigenvalue weighted by Gasteiger charge is -2.39. The summed E-state index contributed by atoms with van der Waals surface area (Å²) < 4.78 is 17.3. The van der Waals surface area contributed by atoms with Gasteiger partial charge in [0.15, 0.2) is 5.78 Å². The van der Waals surface area contributed by atoms with E-state index in [1.807, 2.05) is 26.0 Å². The standard InChI is InChI=1S/C41H51NO3.C8H14O/c1-8-12-18-38(43)35-27-34(24-19-29(35)5)42(28-36-39(44-6)25-31(10-3)26-40(36)45-7)37(11-4)41(32-16-14-13-15-17-32)33-22-20-30(9-2)21-23-33;1-3-4-9-6-8-5-7(8)2/h12-19,24-27,30,33,41H,4,8-10,20-23,28H2,1-3,5-7H3;8H,2-6H2,1H3/b18-12-;. The lowest BCUT2D eigenvalue weighted by atomic mass is 9.71. The number of carbonyl (C=O) groups excluding carboxylic acids is 1. The number of hydrogen-bond donors (Lipinski definition) is 0. The zero-order valence-corrected chi connectivity index (χ0v) is 34.2. The molecule has 3 aromatic rings. The van der Waals surface area contributed by atoms with E-state index in [9.17, 15) is 4.79 Å². The summed E-state index contributed by atoms with van der Waals surface area (Å²) in [7, 11) is 3.43. The number of benzene rings is 3. The van der Waals surface area contributed by atoms with Gasteiger partial charge in [0.2, 0.25) is 0 Å². The maximum Gasteiger partial charge on any atom is 0.185 e. The number of methoxy groups -OCH3 is 2. The predicted octanol–water partition coefficient (Wildman–Crippen LogP) is 12.4. The quantitative estimate of drug-likeness (QED) is 0.0429. The summed E-state index contributed by atoms with van der Waals surface area (Å²) in [6, 6.07) is 21.2. The van der Waals surface area contributed by atoms with Gasteiger partial charge in [-0.15, -0.1) is 5.73 Å². The van der Waals surface area contributed by atoms with E-state index >= 15 is 0 Å². The van der Waals surface area contributed by atoms with Gasteiger partial charge in [-0.1, -0.05) is 108 Å². The second-order valence-electron chi connectivity index (χ2n) is 14.9. The van der Waals surface area contributed by atoms with Crippen LogP contribution in [0, 0.1) is 24.7 Å². The molecular formula is C49H65NO4. The molecule has 54 heavy (non-hydrogen) atoms. The Morgan fingerprint density at radius 1 is 0.963 bits per heavy atom. The van der Waals surface area contributed by atoms with Crippen LogP contribution in [0.1, 0.15) is 118 Å². The smallest absolute Gasteiger partial charge is 0.185 e. The number of aryl methyl sites for hydroxylation is 2. The first-order valence-electron chi connectivity index (χ1n) is 20.3. The van der Waals surface area contributed by atoms with E-state index < -0.39 is 0 Å². The zero-order chi connectivity index (χ0) is 39.0. The van der Waals surface area contributed by atoms with Crippen LogP contribution in [-0.2, 0) is 17.7 Å². The molecular weight excluding hydrogens is 667 g/mol. The molecule has 0 amide bonds. The third kappa shape index (κ3) is 11.4. The van der Waals surface area contributed by atoms with Gasteiger partial charge in [-0.25, -0.2) is 0 Å². The Kier molecular flexibility index (Phi) is 16.9. The highest BCUT2D eigenvalue weighted by molar-refractivity contribution is 6.06. The first-order valence-corrected chi connectivity index (χ1v) is 20.3. The van der Waals surface area contributed by atoms with Gasteiger partial charge in [0, 0.05) is 29.7 Å². The highest BCUT2D eigenvalue weighted by Crippen LogP contribution is 2.46. The van der Waals surface area contributed by atoms with Crippen molar-refractivity contribution in [2.75, 3.05) is 32.3 Å². The molecule has 2 aliphatic rings. The number of rotatable bonds is 18. The Morgan fingerprint density at radius 3 is 2.17 bits per heavy atom. The van der Waals surface area contributed by atoms with Crippen molar-refractivity contribution in [2.24, 2.45) is 17.8 Å². The Labute approximate surface area is 326 Å². The second kappa shape index (κ2) is 21.5. The topological polar surface area (TPSA) is 48.0 Å². The van der Waals surface area contributed by atoms with E-state index in [0.717, 1.165) is 90.8 Å². The minimum absolute atomic E-state index is 0.0141. The van der Waals surface area contributed by atoms with Gasteiger partial charge in [-0.05, 0) is 104 Å². The van der Waals surface area contributed by atoms with Crippen molar-refractivity contribution in [3.8, 4) is 11.5 Å². The third-order valence-electron chi connectivity index (χ3n) is 11.2. The molecule has 0 bridgehead atoms. The van der Waals surface area contributed by atoms with Crippen molar-refractivity contribution in [3.63, 3.8) is 0 Å². The van der Waals surface area contributed by atoms with Gasteiger partial charge in [-0.2, -0.15) is 0 Å². The fraction of sp³-hybridized carbons (Fsp3) is 0.469. The van der Waals surface area contributed by atoms with Crippen molar-refractivity contribution in [1.29, 1.82) is 0 Å². The predicted molar refractivity (Wildman–Crippen MR) is 226 cm³/mol. The minimum Gasteiger partial charge on any atom is -0.496 e. The molecule has 2 aliphatic carbocycles. The van der Waals surface area contributed by atoms with Gasteiger partial charge >= 0.3 is 0 Å². The number of ketones is 1. The van der Waals surface area contributed by atoms with Crippen LogP contribution in [-0.4, -0.2) is 33.2 Å². The first kappa shape index (κ1) is 42.4.